The summed E-state index contributed by atoms with van der Waals surface area (Å²) in [6.07, 6.45) is 1.10. The lowest BCUT2D eigenvalue weighted by molar-refractivity contribution is 0.312. The average Bonchev–Trinajstić information content (AvgIpc) is 1.99. The highest BCUT2D eigenvalue weighted by molar-refractivity contribution is 6.34. The molecule has 0 fully saturated rings. The molecule has 2 heteroatoms. The molecule has 0 saturated heterocycles. The molecule has 0 saturated carbocycles. The van der Waals surface area contributed by atoms with Gasteiger partial charge in [-0.2, -0.15) is 0 Å². The second kappa shape index (κ2) is 4.76. The SMILES string of the molecule is CC[C@H](c1cc(Cl)cc(Cl)c1)C(C)(C)C. The molecule has 0 bridgehead atoms. The molecule has 0 N–H and O–H groups in total. The van der Waals surface area contributed by atoms with Crippen molar-refractivity contribution >= 4 is 23.2 Å². The first-order valence-corrected chi connectivity index (χ1v) is 6.06. The van der Waals surface area contributed by atoms with Crippen LogP contribution in [0.1, 0.15) is 45.6 Å². The maximum Gasteiger partial charge on any atom is 0.0423 e. The molecule has 0 aliphatic carbocycles. The predicted molar refractivity (Wildman–Crippen MR) is 68.9 cm³/mol. The summed E-state index contributed by atoms with van der Waals surface area (Å²) >= 11 is 12.0. The van der Waals surface area contributed by atoms with Crippen molar-refractivity contribution in [1.82, 2.24) is 0 Å². The van der Waals surface area contributed by atoms with E-state index in [1.54, 1.807) is 6.07 Å². The third-order valence-electron chi connectivity index (χ3n) is 2.74. The molecule has 0 unspecified atom stereocenters. The van der Waals surface area contributed by atoms with Crippen LogP contribution in [0, 0.1) is 5.41 Å². The van der Waals surface area contributed by atoms with E-state index in [0.717, 1.165) is 16.5 Å². The summed E-state index contributed by atoms with van der Waals surface area (Å²) in [4.78, 5) is 0. The van der Waals surface area contributed by atoms with Crippen LogP contribution in [0.25, 0.3) is 0 Å². The molecule has 0 heterocycles. The van der Waals surface area contributed by atoms with E-state index in [2.05, 4.69) is 27.7 Å². The zero-order chi connectivity index (χ0) is 11.6. The van der Waals surface area contributed by atoms with Crippen LogP contribution < -0.4 is 0 Å². The number of hydrogen-bond donors (Lipinski definition) is 0. The molecule has 1 aromatic carbocycles. The Hall–Kier alpha value is -0.200. The van der Waals surface area contributed by atoms with Crippen molar-refractivity contribution in [2.45, 2.75) is 40.0 Å². The van der Waals surface area contributed by atoms with Gasteiger partial charge in [0.25, 0.3) is 0 Å². The van der Waals surface area contributed by atoms with Crippen LogP contribution in [0.5, 0.6) is 0 Å². The number of halogens is 2. The lowest BCUT2D eigenvalue weighted by atomic mass is 9.75. The summed E-state index contributed by atoms with van der Waals surface area (Å²) in [5.41, 5.74) is 1.48. The van der Waals surface area contributed by atoms with Crippen LogP contribution in [0.3, 0.4) is 0 Å². The van der Waals surface area contributed by atoms with Crippen LogP contribution in [0.15, 0.2) is 18.2 Å². The summed E-state index contributed by atoms with van der Waals surface area (Å²) in [7, 11) is 0. The lowest BCUT2D eigenvalue weighted by Crippen LogP contribution is -2.17. The van der Waals surface area contributed by atoms with E-state index in [9.17, 15) is 0 Å². The van der Waals surface area contributed by atoms with E-state index < -0.39 is 0 Å². The third kappa shape index (κ3) is 3.39. The number of rotatable bonds is 2. The average molecular weight is 245 g/mol. The van der Waals surface area contributed by atoms with Gasteiger partial charge in [0.15, 0.2) is 0 Å². The van der Waals surface area contributed by atoms with E-state index in [1.807, 2.05) is 12.1 Å². The van der Waals surface area contributed by atoms with Crippen LogP contribution in [0.2, 0.25) is 10.0 Å². The molecule has 0 spiro atoms. The topological polar surface area (TPSA) is 0 Å². The van der Waals surface area contributed by atoms with Gasteiger partial charge in [0, 0.05) is 10.0 Å². The van der Waals surface area contributed by atoms with Gasteiger partial charge in [0.2, 0.25) is 0 Å². The molecular formula is C13H18Cl2. The largest absolute Gasteiger partial charge is 0.0843 e. The fourth-order valence-electron chi connectivity index (χ4n) is 2.12. The molecule has 1 aromatic rings. The molecule has 0 amide bonds. The third-order valence-corrected chi connectivity index (χ3v) is 3.18. The maximum absolute atomic E-state index is 6.02. The normalized spacial score (nSPS) is 14.0. The van der Waals surface area contributed by atoms with Crippen molar-refractivity contribution in [3.05, 3.63) is 33.8 Å². The Labute approximate surface area is 103 Å². The van der Waals surface area contributed by atoms with Gasteiger partial charge in [0.1, 0.15) is 0 Å². The highest BCUT2D eigenvalue weighted by Gasteiger charge is 2.24. The minimum absolute atomic E-state index is 0.239. The lowest BCUT2D eigenvalue weighted by Gasteiger charge is -2.30. The van der Waals surface area contributed by atoms with E-state index in [-0.39, 0.29) is 5.41 Å². The molecule has 1 atom stereocenters. The standard InChI is InChI=1S/C13H18Cl2/c1-5-12(13(2,3)4)9-6-10(14)8-11(15)7-9/h6-8,12H,5H2,1-4H3/t12-/m1/s1. The van der Waals surface area contributed by atoms with Gasteiger partial charge < -0.3 is 0 Å². The van der Waals surface area contributed by atoms with Gasteiger partial charge in [-0.25, -0.2) is 0 Å². The molecule has 0 nitrogen and oxygen atoms in total. The molecular weight excluding hydrogens is 227 g/mol. The van der Waals surface area contributed by atoms with Crippen molar-refractivity contribution in [1.29, 1.82) is 0 Å². The minimum atomic E-state index is 0.239. The summed E-state index contributed by atoms with van der Waals surface area (Å²) in [5, 5.41) is 1.44. The van der Waals surface area contributed by atoms with Gasteiger partial charge in [-0.05, 0) is 41.5 Å². The number of hydrogen-bond acceptors (Lipinski definition) is 0. The molecule has 0 aliphatic rings. The Morgan fingerprint density at radius 3 is 1.87 bits per heavy atom. The quantitative estimate of drug-likeness (QED) is 0.642. The highest BCUT2D eigenvalue weighted by Crippen LogP contribution is 2.39. The van der Waals surface area contributed by atoms with Gasteiger partial charge in [0.05, 0.1) is 0 Å². The van der Waals surface area contributed by atoms with Gasteiger partial charge in [-0.1, -0.05) is 50.9 Å². The van der Waals surface area contributed by atoms with Crippen LogP contribution in [-0.4, -0.2) is 0 Å². The van der Waals surface area contributed by atoms with Crippen LogP contribution >= 0.6 is 23.2 Å². The second-order valence-corrected chi connectivity index (χ2v) is 5.90. The summed E-state index contributed by atoms with van der Waals surface area (Å²) in [5.74, 6) is 0.494. The monoisotopic (exact) mass is 244 g/mol. The van der Waals surface area contributed by atoms with Crippen LogP contribution in [0.4, 0.5) is 0 Å². The molecule has 1 rings (SSSR count). The van der Waals surface area contributed by atoms with Crippen molar-refractivity contribution in [2.24, 2.45) is 5.41 Å². The molecule has 0 aromatic heterocycles. The van der Waals surface area contributed by atoms with Crippen molar-refractivity contribution in [3.8, 4) is 0 Å². The Bertz CT molecular complexity index is 317. The van der Waals surface area contributed by atoms with E-state index in [4.69, 9.17) is 23.2 Å². The smallest absolute Gasteiger partial charge is 0.0423 e. The van der Waals surface area contributed by atoms with Crippen LogP contribution in [-0.2, 0) is 0 Å². The first-order valence-electron chi connectivity index (χ1n) is 5.30. The van der Waals surface area contributed by atoms with E-state index in [1.165, 1.54) is 5.56 Å². The van der Waals surface area contributed by atoms with Gasteiger partial charge >= 0.3 is 0 Å². The minimum Gasteiger partial charge on any atom is -0.0843 e. The summed E-state index contributed by atoms with van der Waals surface area (Å²) in [6.45, 7) is 8.94. The Kier molecular flexibility index (Phi) is 4.08. The summed E-state index contributed by atoms with van der Waals surface area (Å²) < 4.78 is 0. The summed E-state index contributed by atoms with van der Waals surface area (Å²) in [6, 6.07) is 5.82. The Balaban J connectivity index is 3.13. The van der Waals surface area contributed by atoms with Crippen molar-refractivity contribution in [2.75, 3.05) is 0 Å². The fraction of sp³-hybridized carbons (Fsp3) is 0.538. The molecule has 0 radical (unpaired) electrons. The second-order valence-electron chi connectivity index (χ2n) is 5.03. The zero-order valence-corrected chi connectivity index (χ0v) is 11.3. The predicted octanol–water partition coefficient (Wildman–Crippen LogP) is 5.53. The van der Waals surface area contributed by atoms with E-state index >= 15 is 0 Å². The molecule has 0 aliphatic heterocycles. The first-order chi connectivity index (χ1) is 6.84. The Morgan fingerprint density at radius 2 is 1.53 bits per heavy atom. The Morgan fingerprint density at radius 1 is 1.07 bits per heavy atom. The molecule has 15 heavy (non-hydrogen) atoms. The first kappa shape index (κ1) is 12.9. The highest BCUT2D eigenvalue weighted by atomic mass is 35.5. The van der Waals surface area contributed by atoms with Gasteiger partial charge in [-0.3, -0.25) is 0 Å². The van der Waals surface area contributed by atoms with Crippen molar-refractivity contribution < 1.29 is 0 Å². The van der Waals surface area contributed by atoms with E-state index in [0.29, 0.717) is 5.92 Å². The van der Waals surface area contributed by atoms with Crippen molar-refractivity contribution in [3.63, 3.8) is 0 Å². The number of benzene rings is 1. The molecule has 84 valence electrons. The zero-order valence-electron chi connectivity index (χ0n) is 9.77. The van der Waals surface area contributed by atoms with Gasteiger partial charge in [-0.15, -0.1) is 0 Å². The fourth-order valence-corrected chi connectivity index (χ4v) is 2.67. The maximum atomic E-state index is 6.02.